The zero-order valence-corrected chi connectivity index (χ0v) is 15.0. The normalized spacial score (nSPS) is 14.0. The first-order valence-electron chi connectivity index (χ1n) is 8.98. The first kappa shape index (κ1) is 18.0. The Morgan fingerprint density at radius 2 is 1.85 bits per heavy atom. The molecular formula is C21H24N2O3. The highest BCUT2D eigenvalue weighted by Gasteiger charge is 2.22. The van der Waals surface area contributed by atoms with Gasteiger partial charge in [0.15, 0.2) is 0 Å². The van der Waals surface area contributed by atoms with E-state index in [9.17, 15) is 9.59 Å². The number of methoxy groups -OCH3 is 1. The van der Waals surface area contributed by atoms with Crippen molar-refractivity contribution in [1.82, 2.24) is 5.32 Å². The van der Waals surface area contributed by atoms with E-state index in [0.717, 1.165) is 36.9 Å². The molecule has 0 heterocycles. The van der Waals surface area contributed by atoms with Crippen molar-refractivity contribution in [3.63, 3.8) is 0 Å². The second-order valence-corrected chi connectivity index (χ2v) is 6.59. The van der Waals surface area contributed by atoms with Gasteiger partial charge in [-0.2, -0.15) is 0 Å². The van der Waals surface area contributed by atoms with Gasteiger partial charge in [0.1, 0.15) is 5.75 Å². The number of amides is 2. The van der Waals surface area contributed by atoms with E-state index in [-0.39, 0.29) is 17.7 Å². The molecule has 0 saturated heterocycles. The Bertz CT molecular complexity index is 782. The Kier molecular flexibility index (Phi) is 5.89. The highest BCUT2D eigenvalue weighted by Crippen LogP contribution is 2.26. The SMILES string of the molecule is COc1cccc(C(=O)NCc2cccc(NC(=O)C3CCCC3)c2)c1. The highest BCUT2D eigenvalue weighted by atomic mass is 16.5. The molecule has 2 amide bonds. The van der Waals surface area contributed by atoms with Crippen LogP contribution in [0.1, 0.15) is 41.6 Å². The van der Waals surface area contributed by atoms with E-state index in [1.165, 1.54) is 0 Å². The van der Waals surface area contributed by atoms with Gasteiger partial charge in [-0.05, 0) is 48.7 Å². The molecule has 5 heteroatoms. The van der Waals surface area contributed by atoms with E-state index in [2.05, 4.69) is 10.6 Å². The van der Waals surface area contributed by atoms with Crippen molar-refractivity contribution >= 4 is 17.5 Å². The highest BCUT2D eigenvalue weighted by molar-refractivity contribution is 5.94. The van der Waals surface area contributed by atoms with Crippen molar-refractivity contribution in [2.24, 2.45) is 5.92 Å². The van der Waals surface area contributed by atoms with Gasteiger partial charge in [0.25, 0.3) is 5.91 Å². The molecule has 136 valence electrons. The average molecular weight is 352 g/mol. The lowest BCUT2D eigenvalue weighted by molar-refractivity contribution is -0.119. The third-order valence-electron chi connectivity index (χ3n) is 4.71. The Balaban J connectivity index is 1.58. The van der Waals surface area contributed by atoms with Gasteiger partial charge in [-0.3, -0.25) is 9.59 Å². The van der Waals surface area contributed by atoms with Crippen LogP contribution in [0.4, 0.5) is 5.69 Å². The second kappa shape index (κ2) is 8.52. The van der Waals surface area contributed by atoms with Crippen LogP contribution < -0.4 is 15.4 Å². The Morgan fingerprint density at radius 3 is 2.62 bits per heavy atom. The summed E-state index contributed by atoms with van der Waals surface area (Å²) in [7, 11) is 1.57. The summed E-state index contributed by atoms with van der Waals surface area (Å²) in [5.41, 5.74) is 2.26. The van der Waals surface area contributed by atoms with Gasteiger partial charge in [-0.25, -0.2) is 0 Å². The minimum atomic E-state index is -0.163. The van der Waals surface area contributed by atoms with E-state index >= 15 is 0 Å². The Labute approximate surface area is 153 Å². The summed E-state index contributed by atoms with van der Waals surface area (Å²) in [4.78, 5) is 24.5. The number of anilines is 1. The molecule has 0 aromatic heterocycles. The van der Waals surface area contributed by atoms with Crippen LogP contribution in [0.3, 0.4) is 0 Å². The minimum absolute atomic E-state index is 0.0973. The average Bonchev–Trinajstić information content (AvgIpc) is 3.21. The van der Waals surface area contributed by atoms with Gasteiger partial charge >= 0.3 is 0 Å². The fourth-order valence-electron chi connectivity index (χ4n) is 3.24. The molecule has 0 unspecified atom stereocenters. The molecule has 0 atom stereocenters. The number of rotatable bonds is 6. The minimum Gasteiger partial charge on any atom is -0.497 e. The number of ether oxygens (including phenoxy) is 1. The number of nitrogens with one attached hydrogen (secondary N) is 2. The molecule has 1 aliphatic carbocycles. The molecule has 0 aliphatic heterocycles. The molecule has 5 nitrogen and oxygen atoms in total. The van der Waals surface area contributed by atoms with Crippen molar-refractivity contribution in [1.29, 1.82) is 0 Å². The second-order valence-electron chi connectivity index (χ2n) is 6.59. The molecule has 26 heavy (non-hydrogen) atoms. The van der Waals surface area contributed by atoms with E-state index in [1.54, 1.807) is 31.4 Å². The molecule has 0 bridgehead atoms. The Morgan fingerprint density at radius 1 is 1.08 bits per heavy atom. The number of benzene rings is 2. The van der Waals surface area contributed by atoms with Crippen LogP contribution in [0, 0.1) is 5.92 Å². The van der Waals surface area contributed by atoms with Crippen molar-refractivity contribution in [3.05, 3.63) is 59.7 Å². The largest absolute Gasteiger partial charge is 0.497 e. The molecule has 1 aliphatic rings. The fraction of sp³-hybridized carbons (Fsp3) is 0.333. The van der Waals surface area contributed by atoms with Gasteiger partial charge in [-0.1, -0.05) is 31.0 Å². The van der Waals surface area contributed by atoms with E-state index < -0.39 is 0 Å². The fourth-order valence-corrected chi connectivity index (χ4v) is 3.24. The summed E-state index contributed by atoms with van der Waals surface area (Å²) in [5.74, 6) is 0.713. The van der Waals surface area contributed by atoms with Crippen LogP contribution in [-0.4, -0.2) is 18.9 Å². The van der Waals surface area contributed by atoms with Crippen LogP contribution >= 0.6 is 0 Å². The maximum absolute atomic E-state index is 12.3. The summed E-state index contributed by atoms with van der Waals surface area (Å²) in [6.45, 7) is 0.392. The van der Waals surface area contributed by atoms with E-state index in [4.69, 9.17) is 4.74 Å². The van der Waals surface area contributed by atoms with Crippen LogP contribution in [0.25, 0.3) is 0 Å². The zero-order valence-electron chi connectivity index (χ0n) is 15.0. The predicted molar refractivity (Wildman–Crippen MR) is 101 cm³/mol. The topological polar surface area (TPSA) is 67.4 Å². The third kappa shape index (κ3) is 4.63. The summed E-state index contributed by atoms with van der Waals surface area (Å²) in [5, 5.41) is 5.89. The van der Waals surface area contributed by atoms with Crippen LogP contribution in [0.2, 0.25) is 0 Å². The summed E-state index contributed by atoms with van der Waals surface area (Å²) >= 11 is 0. The number of carbonyl (C=O) groups excluding carboxylic acids is 2. The van der Waals surface area contributed by atoms with E-state index in [0.29, 0.717) is 17.9 Å². The number of hydrogen-bond acceptors (Lipinski definition) is 3. The molecule has 3 rings (SSSR count). The molecule has 0 spiro atoms. The van der Waals surface area contributed by atoms with Crippen LogP contribution in [0.15, 0.2) is 48.5 Å². The maximum atomic E-state index is 12.3. The Hall–Kier alpha value is -2.82. The number of carbonyl (C=O) groups is 2. The van der Waals surface area contributed by atoms with Crippen LogP contribution in [0.5, 0.6) is 5.75 Å². The summed E-state index contributed by atoms with van der Waals surface area (Å²) in [6, 6.07) is 14.6. The third-order valence-corrected chi connectivity index (χ3v) is 4.71. The van der Waals surface area contributed by atoms with Crippen molar-refractivity contribution in [2.75, 3.05) is 12.4 Å². The maximum Gasteiger partial charge on any atom is 0.251 e. The summed E-state index contributed by atoms with van der Waals surface area (Å²) < 4.78 is 5.14. The quantitative estimate of drug-likeness (QED) is 0.832. The standard InChI is InChI=1S/C21H24N2O3/c1-26-19-11-5-9-17(13-19)20(24)22-14-15-6-4-10-18(12-15)23-21(25)16-7-2-3-8-16/h4-6,9-13,16H,2-3,7-8,14H2,1H3,(H,22,24)(H,23,25). The molecule has 2 aromatic carbocycles. The van der Waals surface area contributed by atoms with Crippen molar-refractivity contribution in [3.8, 4) is 5.75 Å². The smallest absolute Gasteiger partial charge is 0.251 e. The molecule has 1 saturated carbocycles. The van der Waals surface area contributed by atoms with Crippen molar-refractivity contribution < 1.29 is 14.3 Å². The zero-order chi connectivity index (χ0) is 18.4. The van der Waals surface area contributed by atoms with Gasteiger partial charge in [0.05, 0.1) is 7.11 Å². The first-order valence-corrected chi connectivity index (χ1v) is 8.98. The number of hydrogen-bond donors (Lipinski definition) is 2. The molecule has 2 N–H and O–H groups in total. The van der Waals surface area contributed by atoms with Gasteiger partial charge < -0.3 is 15.4 Å². The van der Waals surface area contributed by atoms with E-state index in [1.807, 2.05) is 24.3 Å². The van der Waals surface area contributed by atoms with Gasteiger partial charge in [-0.15, -0.1) is 0 Å². The molecular weight excluding hydrogens is 328 g/mol. The predicted octanol–water partition coefficient (Wildman–Crippen LogP) is 3.75. The molecule has 1 fully saturated rings. The molecule has 0 radical (unpaired) electrons. The lowest BCUT2D eigenvalue weighted by atomic mass is 10.1. The lowest BCUT2D eigenvalue weighted by Crippen LogP contribution is -2.23. The van der Waals surface area contributed by atoms with Crippen LogP contribution in [-0.2, 0) is 11.3 Å². The van der Waals surface area contributed by atoms with Gasteiger partial charge in [0.2, 0.25) is 5.91 Å². The summed E-state index contributed by atoms with van der Waals surface area (Å²) in [6.07, 6.45) is 4.22. The lowest BCUT2D eigenvalue weighted by Gasteiger charge is -2.12. The van der Waals surface area contributed by atoms with Gasteiger partial charge in [0, 0.05) is 23.7 Å². The molecule has 2 aromatic rings. The monoisotopic (exact) mass is 352 g/mol. The first-order chi connectivity index (χ1) is 12.7. The van der Waals surface area contributed by atoms with Crippen molar-refractivity contribution in [2.45, 2.75) is 32.2 Å².